The molecule has 6 nitrogen and oxygen atoms in total. The third-order valence-electron chi connectivity index (χ3n) is 3.95. The lowest BCUT2D eigenvalue weighted by molar-refractivity contribution is 0.0957. The van der Waals surface area contributed by atoms with E-state index >= 15 is 0 Å². The average Bonchev–Trinajstić information content (AvgIpc) is 3.03. The lowest BCUT2D eigenvalue weighted by atomic mass is 10.1. The Kier molecular flexibility index (Phi) is 8.26. The number of aryl methyl sites for hydroxylation is 3. The normalized spacial score (nSPS) is 11.3. The Hall–Kier alpha value is -2.41. The summed E-state index contributed by atoms with van der Waals surface area (Å²) >= 11 is 1.36. The van der Waals surface area contributed by atoms with Crippen molar-refractivity contribution in [3.05, 3.63) is 51.0 Å². The summed E-state index contributed by atoms with van der Waals surface area (Å²) in [6.07, 6.45) is 0.903. The average molecular weight is 388 g/mol. The van der Waals surface area contributed by atoms with Crippen molar-refractivity contribution in [3.8, 4) is 0 Å². The van der Waals surface area contributed by atoms with Crippen LogP contribution in [-0.2, 0) is 6.42 Å². The predicted molar refractivity (Wildman–Crippen MR) is 113 cm³/mol. The van der Waals surface area contributed by atoms with E-state index in [2.05, 4.69) is 58.0 Å². The lowest BCUT2D eigenvalue weighted by Crippen LogP contribution is -2.41. The Morgan fingerprint density at radius 1 is 1.07 bits per heavy atom. The molecule has 2 rings (SSSR count). The molecule has 2 aromatic rings. The van der Waals surface area contributed by atoms with Crippen molar-refractivity contribution in [3.63, 3.8) is 0 Å². The first-order valence-electron chi connectivity index (χ1n) is 9.27. The summed E-state index contributed by atoms with van der Waals surface area (Å²) in [5.74, 6) is 0.693. The number of benzene rings is 1. The molecule has 1 aromatic carbocycles. The molecule has 0 atom stereocenters. The first kappa shape index (κ1) is 20.9. The molecular weight excluding hydrogens is 358 g/mol. The van der Waals surface area contributed by atoms with Crippen LogP contribution in [0.1, 0.15) is 39.0 Å². The Morgan fingerprint density at radius 2 is 1.78 bits per heavy atom. The number of aromatic nitrogens is 1. The number of rotatable bonds is 8. The molecule has 0 saturated carbocycles. The summed E-state index contributed by atoms with van der Waals surface area (Å²) in [5, 5.41) is 9.40. The molecular formula is C20H29N5OS. The fourth-order valence-corrected chi connectivity index (χ4v) is 3.53. The summed E-state index contributed by atoms with van der Waals surface area (Å²) in [7, 11) is 0. The summed E-state index contributed by atoms with van der Waals surface area (Å²) in [6.45, 7) is 10.8. The molecule has 0 saturated heterocycles. The lowest BCUT2D eigenvalue weighted by Gasteiger charge is -2.12. The van der Waals surface area contributed by atoms with Crippen LogP contribution >= 0.6 is 11.3 Å². The van der Waals surface area contributed by atoms with Gasteiger partial charge in [-0.3, -0.25) is 9.79 Å². The highest BCUT2D eigenvalue weighted by molar-refractivity contribution is 7.11. The zero-order valence-corrected chi connectivity index (χ0v) is 17.4. The van der Waals surface area contributed by atoms with Crippen LogP contribution in [0.5, 0.6) is 0 Å². The number of thiazole rings is 1. The fourth-order valence-electron chi connectivity index (χ4n) is 2.81. The molecule has 0 aliphatic heterocycles. The van der Waals surface area contributed by atoms with Crippen molar-refractivity contribution in [1.82, 2.24) is 20.9 Å². The van der Waals surface area contributed by atoms with Gasteiger partial charge in [0.15, 0.2) is 5.96 Å². The van der Waals surface area contributed by atoms with Crippen LogP contribution < -0.4 is 16.0 Å². The number of carbonyl (C=O) groups excluding carboxylic acids is 1. The summed E-state index contributed by atoms with van der Waals surface area (Å²) in [6, 6.07) is 6.60. The second kappa shape index (κ2) is 10.7. The molecule has 0 unspecified atom stereocenters. The first-order valence-corrected chi connectivity index (χ1v) is 10.1. The standard InChI is InChI=1S/C20H29N5OS/c1-5-21-20(23-7-6-17-11-14(2)10-15(3)12-17)24-9-8-22-19(26)18-16(4)25-13-27-18/h10-13H,5-9H2,1-4H3,(H,22,26)(H2,21,23,24). The van der Waals surface area contributed by atoms with Gasteiger partial charge in [0.1, 0.15) is 4.88 Å². The highest BCUT2D eigenvalue weighted by Gasteiger charge is 2.10. The molecule has 0 fully saturated rings. The molecule has 0 aliphatic carbocycles. The fraction of sp³-hybridized carbons (Fsp3) is 0.450. The Labute approximate surface area is 165 Å². The zero-order chi connectivity index (χ0) is 19.6. The molecule has 3 N–H and O–H groups in total. The highest BCUT2D eigenvalue weighted by atomic mass is 32.1. The van der Waals surface area contributed by atoms with Crippen molar-refractivity contribution >= 4 is 23.2 Å². The van der Waals surface area contributed by atoms with Crippen LogP contribution in [0.4, 0.5) is 0 Å². The van der Waals surface area contributed by atoms with Crippen LogP contribution in [-0.4, -0.2) is 43.0 Å². The SMILES string of the molecule is CCNC(=NCCc1cc(C)cc(C)c1)NCCNC(=O)c1scnc1C. The van der Waals surface area contributed by atoms with Crippen molar-refractivity contribution in [2.45, 2.75) is 34.1 Å². The largest absolute Gasteiger partial charge is 0.357 e. The number of nitrogens with one attached hydrogen (secondary N) is 3. The van der Waals surface area contributed by atoms with Crippen LogP contribution in [0.15, 0.2) is 28.7 Å². The Balaban J connectivity index is 1.77. The van der Waals surface area contributed by atoms with E-state index in [1.54, 1.807) is 5.51 Å². The van der Waals surface area contributed by atoms with Crippen LogP contribution in [0, 0.1) is 20.8 Å². The molecule has 7 heteroatoms. The van der Waals surface area contributed by atoms with E-state index in [4.69, 9.17) is 0 Å². The third-order valence-corrected chi connectivity index (χ3v) is 4.88. The van der Waals surface area contributed by atoms with Crippen LogP contribution in [0.25, 0.3) is 0 Å². The van der Waals surface area contributed by atoms with Gasteiger partial charge < -0.3 is 16.0 Å². The molecule has 1 aromatic heterocycles. The van der Waals surface area contributed by atoms with E-state index in [0.29, 0.717) is 24.5 Å². The van der Waals surface area contributed by atoms with E-state index in [1.165, 1.54) is 28.0 Å². The first-order chi connectivity index (χ1) is 13.0. The second-order valence-corrected chi connectivity index (χ2v) is 7.31. The monoisotopic (exact) mass is 387 g/mol. The van der Waals surface area contributed by atoms with Gasteiger partial charge in [-0.15, -0.1) is 11.3 Å². The summed E-state index contributed by atoms with van der Waals surface area (Å²) in [4.78, 5) is 21.5. The third kappa shape index (κ3) is 7.02. The van der Waals surface area contributed by atoms with Gasteiger partial charge in [-0.05, 0) is 39.7 Å². The minimum atomic E-state index is -0.0754. The van der Waals surface area contributed by atoms with Gasteiger partial charge in [0.05, 0.1) is 11.2 Å². The van der Waals surface area contributed by atoms with E-state index in [1.807, 2.05) is 13.8 Å². The zero-order valence-electron chi connectivity index (χ0n) is 16.6. The minimum Gasteiger partial charge on any atom is -0.357 e. The van der Waals surface area contributed by atoms with Gasteiger partial charge in [-0.25, -0.2) is 4.98 Å². The predicted octanol–water partition coefficient (Wildman–Crippen LogP) is 2.60. The number of carbonyl (C=O) groups is 1. The number of hydrogen-bond donors (Lipinski definition) is 3. The second-order valence-electron chi connectivity index (χ2n) is 6.46. The summed E-state index contributed by atoms with van der Waals surface area (Å²) in [5.41, 5.74) is 6.33. The maximum absolute atomic E-state index is 12.1. The Morgan fingerprint density at radius 3 is 2.41 bits per heavy atom. The van der Waals surface area contributed by atoms with Crippen molar-refractivity contribution in [1.29, 1.82) is 0 Å². The quantitative estimate of drug-likeness (QED) is 0.370. The summed E-state index contributed by atoms with van der Waals surface area (Å²) < 4.78 is 0. The van der Waals surface area contributed by atoms with Gasteiger partial charge in [0.25, 0.3) is 5.91 Å². The van der Waals surface area contributed by atoms with E-state index in [-0.39, 0.29) is 5.91 Å². The maximum Gasteiger partial charge on any atom is 0.263 e. The number of nitrogens with zero attached hydrogens (tertiary/aromatic N) is 2. The van der Waals surface area contributed by atoms with Crippen LogP contribution in [0.2, 0.25) is 0 Å². The smallest absolute Gasteiger partial charge is 0.263 e. The molecule has 0 radical (unpaired) electrons. The van der Waals surface area contributed by atoms with Crippen LogP contribution in [0.3, 0.4) is 0 Å². The van der Waals surface area contributed by atoms with E-state index in [0.717, 1.165) is 24.6 Å². The molecule has 0 bridgehead atoms. The molecule has 1 heterocycles. The van der Waals surface area contributed by atoms with E-state index < -0.39 is 0 Å². The molecule has 0 aliphatic rings. The molecule has 146 valence electrons. The molecule has 0 spiro atoms. The molecule has 27 heavy (non-hydrogen) atoms. The molecule has 1 amide bonds. The van der Waals surface area contributed by atoms with Gasteiger partial charge >= 0.3 is 0 Å². The van der Waals surface area contributed by atoms with Crippen molar-refractivity contribution < 1.29 is 4.79 Å². The maximum atomic E-state index is 12.1. The van der Waals surface area contributed by atoms with E-state index in [9.17, 15) is 4.79 Å². The number of guanidine groups is 1. The topological polar surface area (TPSA) is 78.4 Å². The van der Waals surface area contributed by atoms with Gasteiger partial charge in [-0.1, -0.05) is 29.3 Å². The Bertz CT molecular complexity index is 764. The van der Waals surface area contributed by atoms with Crippen molar-refractivity contribution in [2.24, 2.45) is 4.99 Å². The number of hydrogen-bond acceptors (Lipinski definition) is 4. The van der Waals surface area contributed by atoms with Gasteiger partial charge in [0, 0.05) is 26.2 Å². The van der Waals surface area contributed by atoms with Gasteiger partial charge in [-0.2, -0.15) is 0 Å². The van der Waals surface area contributed by atoms with Gasteiger partial charge in [0.2, 0.25) is 0 Å². The minimum absolute atomic E-state index is 0.0754. The highest BCUT2D eigenvalue weighted by Crippen LogP contribution is 2.11. The number of aliphatic imine (C=N–C) groups is 1. The number of amides is 1. The van der Waals surface area contributed by atoms with Crippen molar-refractivity contribution in [2.75, 3.05) is 26.2 Å².